The van der Waals surface area contributed by atoms with Crippen molar-refractivity contribution in [3.63, 3.8) is 0 Å². The molecule has 2 heteroatoms. The van der Waals surface area contributed by atoms with Crippen LogP contribution in [0.4, 0.5) is 0 Å². The molecule has 4 rings (SSSR count). The van der Waals surface area contributed by atoms with E-state index < -0.39 is 0 Å². The van der Waals surface area contributed by atoms with E-state index in [2.05, 4.69) is 73.5 Å². The highest BCUT2D eigenvalue weighted by Crippen LogP contribution is 2.36. The first-order valence-corrected chi connectivity index (χ1v) is 9.61. The van der Waals surface area contributed by atoms with Crippen molar-refractivity contribution in [2.45, 2.75) is 58.5 Å². The number of rotatable bonds is 4. The van der Waals surface area contributed by atoms with E-state index >= 15 is 0 Å². The van der Waals surface area contributed by atoms with Gasteiger partial charge in [0.1, 0.15) is 0 Å². The average molecular weight is 332 g/mol. The molecule has 0 saturated carbocycles. The number of hydrogen-bond acceptors (Lipinski definition) is 1. The molecule has 2 N–H and O–H groups in total. The lowest BCUT2D eigenvalue weighted by molar-refractivity contribution is 0.410. The summed E-state index contributed by atoms with van der Waals surface area (Å²) in [7, 11) is 0. The zero-order chi connectivity index (χ0) is 17.4. The first kappa shape index (κ1) is 16.4. The SMILES string of the molecule is CCc1cccc([C@H](C)N[C@H]2CCCc3c2[nH]c2ccc(C)cc32)c1. The largest absolute Gasteiger partial charge is 0.357 e. The second-order valence-electron chi connectivity index (χ2n) is 7.50. The van der Waals surface area contributed by atoms with Gasteiger partial charge in [0.2, 0.25) is 0 Å². The smallest absolute Gasteiger partial charge is 0.0480 e. The molecule has 3 aromatic rings. The van der Waals surface area contributed by atoms with Crippen LogP contribution >= 0.6 is 0 Å². The summed E-state index contributed by atoms with van der Waals surface area (Å²) < 4.78 is 0. The van der Waals surface area contributed by atoms with Crippen LogP contribution in [0.5, 0.6) is 0 Å². The van der Waals surface area contributed by atoms with Crippen molar-refractivity contribution in [1.82, 2.24) is 10.3 Å². The van der Waals surface area contributed by atoms with Crippen LogP contribution in [0.3, 0.4) is 0 Å². The molecular weight excluding hydrogens is 304 g/mol. The summed E-state index contributed by atoms with van der Waals surface area (Å²) in [4.78, 5) is 3.71. The predicted octanol–water partition coefficient (Wildman–Crippen LogP) is 5.77. The second-order valence-corrected chi connectivity index (χ2v) is 7.50. The summed E-state index contributed by atoms with van der Waals surface area (Å²) in [6, 6.07) is 16.5. The minimum absolute atomic E-state index is 0.357. The van der Waals surface area contributed by atoms with Gasteiger partial charge in [-0.3, -0.25) is 0 Å². The summed E-state index contributed by atoms with van der Waals surface area (Å²) in [5.74, 6) is 0. The average Bonchev–Trinajstić information content (AvgIpc) is 3.01. The van der Waals surface area contributed by atoms with Crippen LogP contribution < -0.4 is 5.32 Å². The third kappa shape index (κ3) is 3.11. The topological polar surface area (TPSA) is 27.8 Å². The van der Waals surface area contributed by atoms with E-state index in [1.807, 2.05) is 0 Å². The fraction of sp³-hybridized carbons (Fsp3) is 0.391. The van der Waals surface area contributed by atoms with Crippen LogP contribution in [0.15, 0.2) is 42.5 Å². The van der Waals surface area contributed by atoms with Crippen molar-refractivity contribution in [2.75, 3.05) is 0 Å². The molecule has 0 radical (unpaired) electrons. The van der Waals surface area contributed by atoms with Crippen molar-refractivity contribution < 1.29 is 0 Å². The van der Waals surface area contributed by atoms with Crippen molar-refractivity contribution >= 4 is 10.9 Å². The van der Waals surface area contributed by atoms with Crippen LogP contribution in [-0.2, 0) is 12.8 Å². The Hall–Kier alpha value is -2.06. The maximum absolute atomic E-state index is 3.89. The Morgan fingerprint density at radius 3 is 2.92 bits per heavy atom. The number of benzene rings is 2. The van der Waals surface area contributed by atoms with Crippen LogP contribution in [-0.4, -0.2) is 4.98 Å². The van der Waals surface area contributed by atoms with Gasteiger partial charge in [-0.1, -0.05) is 42.8 Å². The molecule has 1 aromatic heterocycles. The highest BCUT2D eigenvalue weighted by Gasteiger charge is 2.25. The molecule has 0 amide bonds. The fourth-order valence-electron chi connectivity index (χ4n) is 4.22. The summed E-state index contributed by atoms with van der Waals surface area (Å²) in [6.07, 6.45) is 4.75. The molecule has 0 unspecified atom stereocenters. The number of hydrogen-bond donors (Lipinski definition) is 2. The molecule has 2 nitrogen and oxygen atoms in total. The van der Waals surface area contributed by atoms with E-state index in [0.717, 1.165) is 6.42 Å². The highest BCUT2D eigenvalue weighted by atomic mass is 15.0. The number of nitrogens with one attached hydrogen (secondary N) is 2. The van der Waals surface area contributed by atoms with Crippen LogP contribution in [0.2, 0.25) is 0 Å². The maximum atomic E-state index is 3.89. The standard InChI is InChI=1S/C23H28N2/c1-4-17-7-5-8-18(14-17)16(3)24-22-10-6-9-19-20-13-15(2)11-12-21(20)25-23(19)22/h5,7-8,11-14,16,22,24-25H,4,6,9-10H2,1-3H3/t16-,22-/m0/s1. The van der Waals surface area contributed by atoms with Gasteiger partial charge in [-0.15, -0.1) is 0 Å². The second kappa shape index (κ2) is 6.68. The van der Waals surface area contributed by atoms with E-state index in [0.29, 0.717) is 12.1 Å². The summed E-state index contributed by atoms with van der Waals surface area (Å²) in [5.41, 5.74) is 8.36. The van der Waals surface area contributed by atoms with Gasteiger partial charge in [-0.25, -0.2) is 0 Å². The van der Waals surface area contributed by atoms with E-state index in [9.17, 15) is 0 Å². The first-order chi connectivity index (χ1) is 12.2. The summed E-state index contributed by atoms with van der Waals surface area (Å²) in [5, 5.41) is 5.31. The monoisotopic (exact) mass is 332 g/mol. The van der Waals surface area contributed by atoms with Gasteiger partial charge in [0.05, 0.1) is 0 Å². The minimum Gasteiger partial charge on any atom is -0.357 e. The predicted molar refractivity (Wildman–Crippen MR) is 106 cm³/mol. The lowest BCUT2D eigenvalue weighted by Crippen LogP contribution is -2.27. The zero-order valence-corrected chi connectivity index (χ0v) is 15.5. The molecular formula is C23H28N2. The molecule has 1 aliphatic rings. The van der Waals surface area contributed by atoms with Gasteiger partial charge < -0.3 is 10.3 Å². The van der Waals surface area contributed by atoms with Crippen molar-refractivity contribution in [1.29, 1.82) is 0 Å². The third-order valence-corrected chi connectivity index (χ3v) is 5.67. The van der Waals surface area contributed by atoms with Gasteiger partial charge in [0.15, 0.2) is 0 Å². The van der Waals surface area contributed by atoms with Crippen LogP contribution in [0.1, 0.15) is 66.7 Å². The highest BCUT2D eigenvalue weighted by molar-refractivity contribution is 5.85. The molecule has 0 aliphatic heterocycles. The van der Waals surface area contributed by atoms with Gasteiger partial charge >= 0.3 is 0 Å². The molecule has 1 aliphatic carbocycles. The Morgan fingerprint density at radius 1 is 1.20 bits per heavy atom. The first-order valence-electron chi connectivity index (χ1n) is 9.61. The number of fused-ring (bicyclic) bond motifs is 3. The quantitative estimate of drug-likeness (QED) is 0.624. The summed E-state index contributed by atoms with van der Waals surface area (Å²) in [6.45, 7) is 6.69. The lowest BCUT2D eigenvalue weighted by atomic mass is 9.90. The van der Waals surface area contributed by atoms with Gasteiger partial charge in [0.25, 0.3) is 0 Å². The molecule has 1 heterocycles. The maximum Gasteiger partial charge on any atom is 0.0480 e. The zero-order valence-electron chi connectivity index (χ0n) is 15.5. The van der Waals surface area contributed by atoms with E-state index in [1.165, 1.54) is 58.1 Å². The molecule has 130 valence electrons. The van der Waals surface area contributed by atoms with Crippen molar-refractivity contribution in [2.24, 2.45) is 0 Å². The lowest BCUT2D eigenvalue weighted by Gasteiger charge is -2.27. The van der Waals surface area contributed by atoms with E-state index in [-0.39, 0.29) is 0 Å². The number of H-pyrrole nitrogens is 1. The van der Waals surface area contributed by atoms with Crippen molar-refractivity contribution in [3.05, 3.63) is 70.4 Å². The van der Waals surface area contributed by atoms with Gasteiger partial charge in [-0.05, 0) is 68.4 Å². The number of aromatic nitrogens is 1. The normalized spacial score (nSPS) is 18.3. The van der Waals surface area contributed by atoms with Crippen LogP contribution in [0, 0.1) is 6.92 Å². The molecule has 2 aromatic carbocycles. The molecule has 0 bridgehead atoms. The van der Waals surface area contributed by atoms with E-state index in [4.69, 9.17) is 0 Å². The fourth-order valence-corrected chi connectivity index (χ4v) is 4.22. The van der Waals surface area contributed by atoms with E-state index in [1.54, 1.807) is 0 Å². The molecule has 0 saturated heterocycles. The van der Waals surface area contributed by atoms with Gasteiger partial charge in [-0.2, -0.15) is 0 Å². The Morgan fingerprint density at radius 2 is 2.08 bits per heavy atom. The Bertz CT molecular complexity index is 890. The Balaban J connectivity index is 1.63. The molecule has 0 fully saturated rings. The Labute approximate surface area is 150 Å². The minimum atomic E-state index is 0.357. The Kier molecular flexibility index (Phi) is 4.39. The van der Waals surface area contributed by atoms with Crippen LogP contribution in [0.25, 0.3) is 10.9 Å². The molecule has 25 heavy (non-hydrogen) atoms. The molecule has 0 spiro atoms. The van der Waals surface area contributed by atoms with Crippen molar-refractivity contribution in [3.8, 4) is 0 Å². The summed E-state index contributed by atoms with van der Waals surface area (Å²) >= 11 is 0. The third-order valence-electron chi connectivity index (χ3n) is 5.67. The number of aromatic amines is 1. The number of aryl methyl sites for hydroxylation is 3. The molecule has 2 atom stereocenters. The van der Waals surface area contributed by atoms with Gasteiger partial charge in [0, 0.05) is 28.7 Å².